The number of amidine groups is 1. The highest BCUT2D eigenvalue weighted by Gasteiger charge is 2.32. The highest BCUT2D eigenvalue weighted by molar-refractivity contribution is 8.18. The number of ether oxygens (including phenoxy) is 1. The van der Waals surface area contributed by atoms with Crippen molar-refractivity contribution in [3.8, 4) is 5.75 Å². The molecular formula is C27H21ClN2O4S. The lowest BCUT2D eigenvalue weighted by Crippen LogP contribution is -2.29. The van der Waals surface area contributed by atoms with E-state index in [0.717, 1.165) is 11.1 Å². The number of hydrogen-bond donors (Lipinski definition) is 1. The van der Waals surface area contributed by atoms with Crippen molar-refractivity contribution in [1.29, 1.82) is 0 Å². The van der Waals surface area contributed by atoms with Crippen molar-refractivity contribution in [2.75, 3.05) is 6.54 Å². The zero-order valence-electron chi connectivity index (χ0n) is 18.6. The molecule has 1 amide bonds. The first kappa shape index (κ1) is 24.3. The van der Waals surface area contributed by atoms with Gasteiger partial charge in [-0.1, -0.05) is 60.1 Å². The summed E-state index contributed by atoms with van der Waals surface area (Å²) in [6.07, 6.45) is 3.38. The number of carbonyl (C=O) groups excluding carboxylic acids is 1. The molecule has 0 aliphatic carbocycles. The Morgan fingerprint density at radius 2 is 1.89 bits per heavy atom. The van der Waals surface area contributed by atoms with Gasteiger partial charge in [-0.05, 0) is 48.2 Å². The van der Waals surface area contributed by atoms with Gasteiger partial charge in [0.15, 0.2) is 5.17 Å². The quantitative estimate of drug-likeness (QED) is 0.283. The summed E-state index contributed by atoms with van der Waals surface area (Å²) in [5, 5.41) is 10.3. The number of carbonyl (C=O) groups is 2. The minimum absolute atomic E-state index is 0.122. The Labute approximate surface area is 212 Å². The van der Waals surface area contributed by atoms with Gasteiger partial charge < -0.3 is 9.84 Å². The van der Waals surface area contributed by atoms with Crippen LogP contribution in [0.25, 0.3) is 6.08 Å². The van der Waals surface area contributed by atoms with Crippen LogP contribution in [-0.4, -0.2) is 33.6 Å². The highest BCUT2D eigenvalue weighted by Crippen LogP contribution is 2.36. The maximum absolute atomic E-state index is 13.2. The zero-order chi connectivity index (χ0) is 24.8. The molecule has 176 valence electrons. The van der Waals surface area contributed by atoms with Gasteiger partial charge in [-0.2, -0.15) is 0 Å². The van der Waals surface area contributed by atoms with E-state index in [1.165, 1.54) is 28.8 Å². The van der Waals surface area contributed by atoms with E-state index in [4.69, 9.17) is 16.3 Å². The average Bonchev–Trinajstić information content (AvgIpc) is 3.13. The number of thioether (sulfide) groups is 1. The minimum Gasteiger partial charge on any atom is -0.488 e. The number of aromatic carboxylic acids is 1. The summed E-state index contributed by atoms with van der Waals surface area (Å²) in [6, 6.07) is 21.2. The van der Waals surface area contributed by atoms with Gasteiger partial charge in [0.2, 0.25) is 0 Å². The van der Waals surface area contributed by atoms with E-state index in [-0.39, 0.29) is 24.6 Å². The van der Waals surface area contributed by atoms with Crippen LogP contribution in [0.15, 0.2) is 95.3 Å². The van der Waals surface area contributed by atoms with Crippen molar-refractivity contribution in [2.45, 2.75) is 6.61 Å². The molecule has 4 rings (SSSR count). The molecule has 1 fully saturated rings. The number of carboxylic acid groups (broad SMARTS) is 1. The van der Waals surface area contributed by atoms with E-state index in [9.17, 15) is 14.7 Å². The summed E-state index contributed by atoms with van der Waals surface area (Å²) in [6.45, 7) is 4.29. The van der Waals surface area contributed by atoms with Crippen molar-refractivity contribution >= 4 is 52.2 Å². The third-order valence-corrected chi connectivity index (χ3v) is 6.44. The normalized spacial score (nSPS) is 15.6. The first-order valence-electron chi connectivity index (χ1n) is 10.7. The summed E-state index contributed by atoms with van der Waals surface area (Å²) in [4.78, 5) is 31.0. The van der Waals surface area contributed by atoms with Crippen molar-refractivity contribution in [3.63, 3.8) is 0 Å². The van der Waals surface area contributed by atoms with Gasteiger partial charge >= 0.3 is 5.97 Å². The van der Waals surface area contributed by atoms with Crippen LogP contribution in [-0.2, 0) is 11.4 Å². The van der Waals surface area contributed by atoms with E-state index in [0.29, 0.717) is 26.5 Å². The second-order valence-corrected chi connectivity index (χ2v) is 8.90. The van der Waals surface area contributed by atoms with Crippen molar-refractivity contribution in [2.24, 2.45) is 4.99 Å². The van der Waals surface area contributed by atoms with Gasteiger partial charge in [0.25, 0.3) is 5.91 Å². The fourth-order valence-corrected chi connectivity index (χ4v) is 4.53. The first-order valence-corrected chi connectivity index (χ1v) is 11.9. The number of halogens is 1. The third kappa shape index (κ3) is 5.82. The molecule has 1 heterocycles. The van der Waals surface area contributed by atoms with Crippen LogP contribution in [0.1, 0.15) is 21.5 Å². The van der Waals surface area contributed by atoms with E-state index >= 15 is 0 Å². The fourth-order valence-electron chi connectivity index (χ4n) is 3.34. The number of carboxylic acids is 1. The molecule has 3 aromatic rings. The molecule has 3 aromatic carbocycles. The molecular weight excluding hydrogens is 484 g/mol. The van der Waals surface area contributed by atoms with Gasteiger partial charge in [0.05, 0.1) is 16.2 Å². The lowest BCUT2D eigenvalue weighted by Gasteiger charge is -2.12. The van der Waals surface area contributed by atoms with E-state index in [2.05, 4.69) is 11.6 Å². The molecule has 0 spiro atoms. The van der Waals surface area contributed by atoms with Gasteiger partial charge in [-0.3, -0.25) is 9.69 Å². The molecule has 8 heteroatoms. The van der Waals surface area contributed by atoms with Crippen molar-refractivity contribution in [1.82, 2.24) is 4.90 Å². The Hall–Kier alpha value is -3.81. The molecule has 1 aliphatic heterocycles. The SMILES string of the molecule is C=CCN1C(=O)/C(=C/c2ccccc2OCc2ccccc2Cl)SC1=Nc1cccc(C(=O)O)c1. The van der Waals surface area contributed by atoms with Gasteiger partial charge in [-0.25, -0.2) is 9.79 Å². The summed E-state index contributed by atoms with van der Waals surface area (Å²) in [5.41, 5.74) is 2.16. The third-order valence-electron chi connectivity index (χ3n) is 5.06. The highest BCUT2D eigenvalue weighted by atomic mass is 35.5. The molecule has 0 atom stereocenters. The summed E-state index contributed by atoms with van der Waals surface area (Å²) in [5.74, 6) is -0.647. The second kappa shape index (κ2) is 11.1. The number of amides is 1. The van der Waals surface area contributed by atoms with Crippen LogP contribution >= 0.6 is 23.4 Å². The smallest absolute Gasteiger partial charge is 0.335 e. The average molecular weight is 505 g/mol. The Balaban J connectivity index is 1.62. The van der Waals surface area contributed by atoms with Crippen LogP contribution in [0.2, 0.25) is 5.02 Å². The van der Waals surface area contributed by atoms with Crippen LogP contribution < -0.4 is 4.74 Å². The number of para-hydroxylation sites is 1. The predicted octanol–water partition coefficient (Wildman–Crippen LogP) is 6.41. The lowest BCUT2D eigenvalue weighted by atomic mass is 10.1. The molecule has 6 nitrogen and oxygen atoms in total. The maximum Gasteiger partial charge on any atom is 0.335 e. The van der Waals surface area contributed by atoms with Gasteiger partial charge in [-0.15, -0.1) is 6.58 Å². The molecule has 0 bridgehead atoms. The standard InChI is InChI=1S/C27H21ClN2O4S/c1-2-14-30-25(31)24(35-27(30)29-21-11-7-10-19(15-21)26(32)33)16-18-8-4-6-13-23(18)34-17-20-9-3-5-12-22(20)28/h2-13,15-16H,1,14,17H2,(H,32,33)/b24-16-,29-27?. The van der Waals surface area contributed by atoms with Gasteiger partial charge in [0, 0.05) is 22.7 Å². The summed E-state index contributed by atoms with van der Waals surface area (Å²) in [7, 11) is 0. The molecule has 0 saturated carbocycles. The Morgan fingerprint density at radius 3 is 2.66 bits per heavy atom. The molecule has 0 radical (unpaired) electrons. The summed E-state index contributed by atoms with van der Waals surface area (Å²) >= 11 is 7.45. The van der Waals surface area contributed by atoms with Crippen LogP contribution in [0.5, 0.6) is 5.75 Å². The zero-order valence-corrected chi connectivity index (χ0v) is 20.1. The number of rotatable bonds is 8. The van der Waals surface area contributed by atoms with Crippen LogP contribution in [0.3, 0.4) is 0 Å². The Bertz CT molecular complexity index is 1350. The minimum atomic E-state index is -1.04. The summed E-state index contributed by atoms with van der Waals surface area (Å²) < 4.78 is 6.02. The van der Waals surface area contributed by atoms with E-state index in [1.54, 1.807) is 24.3 Å². The first-order chi connectivity index (χ1) is 17.0. The molecule has 35 heavy (non-hydrogen) atoms. The monoisotopic (exact) mass is 504 g/mol. The van der Waals surface area contributed by atoms with E-state index < -0.39 is 5.97 Å². The Morgan fingerprint density at radius 1 is 1.11 bits per heavy atom. The maximum atomic E-state index is 13.2. The molecule has 1 aliphatic rings. The molecule has 1 N–H and O–H groups in total. The number of hydrogen-bond acceptors (Lipinski definition) is 5. The predicted molar refractivity (Wildman–Crippen MR) is 140 cm³/mol. The topological polar surface area (TPSA) is 79.2 Å². The van der Waals surface area contributed by atoms with Crippen molar-refractivity contribution in [3.05, 3.63) is 112 Å². The largest absolute Gasteiger partial charge is 0.488 e. The molecule has 0 aromatic heterocycles. The number of aliphatic imine (C=N–C) groups is 1. The molecule has 1 saturated heterocycles. The van der Waals surface area contributed by atoms with Gasteiger partial charge in [0.1, 0.15) is 12.4 Å². The van der Waals surface area contributed by atoms with Crippen molar-refractivity contribution < 1.29 is 19.4 Å². The van der Waals surface area contributed by atoms with E-state index in [1.807, 2.05) is 48.5 Å². The fraction of sp³-hybridized carbons (Fsp3) is 0.0741. The molecule has 0 unspecified atom stereocenters. The lowest BCUT2D eigenvalue weighted by molar-refractivity contribution is -0.121. The number of nitrogens with zero attached hydrogens (tertiary/aromatic N) is 2. The Kier molecular flexibility index (Phi) is 7.70. The van der Waals surface area contributed by atoms with Crippen LogP contribution in [0, 0.1) is 0 Å². The van der Waals surface area contributed by atoms with Crippen LogP contribution in [0.4, 0.5) is 5.69 Å². The second-order valence-electron chi connectivity index (χ2n) is 7.48. The number of benzene rings is 3.